The molecular formula is C23H22F3N5O3. The average Bonchev–Trinajstić information content (AvgIpc) is 3.40. The number of oxazole rings is 1. The quantitative estimate of drug-likeness (QED) is 0.553. The van der Waals surface area contributed by atoms with Gasteiger partial charge in [-0.15, -0.1) is 0 Å². The third-order valence-electron chi connectivity index (χ3n) is 5.75. The van der Waals surface area contributed by atoms with Gasteiger partial charge in [-0.3, -0.25) is 14.6 Å². The maximum absolute atomic E-state index is 13.1. The zero-order chi connectivity index (χ0) is 24.5. The lowest BCUT2D eigenvalue weighted by Crippen LogP contribution is -2.27. The highest BCUT2D eigenvalue weighted by molar-refractivity contribution is 6.01. The van der Waals surface area contributed by atoms with Crippen molar-refractivity contribution in [2.45, 2.75) is 51.9 Å². The second kappa shape index (κ2) is 9.24. The number of halogens is 3. The van der Waals surface area contributed by atoms with Gasteiger partial charge in [-0.25, -0.2) is 9.97 Å². The summed E-state index contributed by atoms with van der Waals surface area (Å²) in [4.78, 5) is 39.3. The predicted octanol–water partition coefficient (Wildman–Crippen LogP) is 4.17. The summed E-state index contributed by atoms with van der Waals surface area (Å²) in [5, 5.41) is 2.72. The van der Waals surface area contributed by atoms with Crippen LogP contribution < -0.4 is 5.32 Å². The van der Waals surface area contributed by atoms with Crippen LogP contribution in [0.5, 0.6) is 0 Å². The molecule has 1 N–H and O–H groups in total. The van der Waals surface area contributed by atoms with Gasteiger partial charge in [0.15, 0.2) is 6.39 Å². The van der Waals surface area contributed by atoms with Crippen LogP contribution >= 0.6 is 0 Å². The Bertz CT molecular complexity index is 1210. The molecule has 1 aliphatic heterocycles. The van der Waals surface area contributed by atoms with Crippen LogP contribution in [0.2, 0.25) is 0 Å². The number of hydrogen-bond donors (Lipinski definition) is 1. The van der Waals surface area contributed by atoms with E-state index < -0.39 is 12.6 Å². The van der Waals surface area contributed by atoms with Gasteiger partial charge >= 0.3 is 6.18 Å². The van der Waals surface area contributed by atoms with Crippen molar-refractivity contribution >= 4 is 17.6 Å². The number of hydrogen-bond acceptors (Lipinski definition) is 6. The molecular weight excluding hydrogens is 451 g/mol. The van der Waals surface area contributed by atoms with Crippen LogP contribution in [0.15, 0.2) is 41.5 Å². The summed E-state index contributed by atoms with van der Waals surface area (Å²) < 4.78 is 42.7. The fourth-order valence-electron chi connectivity index (χ4n) is 3.89. The zero-order valence-electron chi connectivity index (χ0n) is 18.5. The molecule has 3 aromatic rings. The summed E-state index contributed by atoms with van der Waals surface area (Å²) in [7, 11) is 0. The number of carbonyl (C=O) groups is 2. The number of alkyl halides is 3. The zero-order valence-corrected chi connectivity index (χ0v) is 18.5. The van der Waals surface area contributed by atoms with Gasteiger partial charge in [0.1, 0.15) is 11.6 Å². The topological polar surface area (TPSA) is 101 Å². The molecule has 0 spiro atoms. The highest BCUT2D eigenvalue weighted by Crippen LogP contribution is 2.34. The van der Waals surface area contributed by atoms with Gasteiger partial charge in [0.2, 0.25) is 5.91 Å². The second-order valence-corrected chi connectivity index (χ2v) is 8.13. The molecule has 34 heavy (non-hydrogen) atoms. The Morgan fingerprint density at radius 2 is 2.09 bits per heavy atom. The number of nitrogens with zero attached hydrogens (tertiary/aromatic N) is 4. The Kier molecular flexibility index (Phi) is 6.36. The van der Waals surface area contributed by atoms with E-state index in [2.05, 4.69) is 20.3 Å². The fraction of sp³-hybridized carbons (Fsp3) is 0.348. The summed E-state index contributed by atoms with van der Waals surface area (Å²) in [6.45, 7) is 3.75. The monoisotopic (exact) mass is 473 g/mol. The summed E-state index contributed by atoms with van der Waals surface area (Å²) in [5.41, 5.74) is 2.75. The Balaban J connectivity index is 1.49. The number of aryl methyl sites for hydroxylation is 2. The molecule has 1 aliphatic rings. The summed E-state index contributed by atoms with van der Waals surface area (Å²) >= 11 is 0. The Hall–Kier alpha value is -3.76. The lowest BCUT2D eigenvalue weighted by molar-refractivity contribution is -0.134. The van der Waals surface area contributed by atoms with Crippen LogP contribution in [0, 0.1) is 6.92 Å². The molecule has 8 nitrogen and oxygen atoms in total. The minimum Gasteiger partial charge on any atom is -0.448 e. The van der Waals surface area contributed by atoms with E-state index in [-0.39, 0.29) is 37.2 Å². The van der Waals surface area contributed by atoms with Crippen LogP contribution in [0.3, 0.4) is 0 Å². The lowest BCUT2D eigenvalue weighted by Gasteiger charge is -2.25. The van der Waals surface area contributed by atoms with E-state index in [1.54, 1.807) is 24.0 Å². The van der Waals surface area contributed by atoms with Crippen molar-refractivity contribution in [3.63, 3.8) is 0 Å². The lowest BCUT2D eigenvalue weighted by atomic mass is 10.0. The molecule has 178 valence electrons. The highest BCUT2D eigenvalue weighted by atomic mass is 19.4. The molecule has 3 aromatic heterocycles. The van der Waals surface area contributed by atoms with E-state index in [0.717, 1.165) is 0 Å². The Labute approximate surface area is 193 Å². The van der Waals surface area contributed by atoms with Crippen molar-refractivity contribution in [2.24, 2.45) is 0 Å². The molecule has 4 rings (SSSR count). The predicted molar refractivity (Wildman–Crippen MR) is 115 cm³/mol. The smallest absolute Gasteiger partial charge is 0.389 e. The number of nitrogens with one attached hydrogen (secondary N) is 1. The van der Waals surface area contributed by atoms with Crippen LogP contribution in [0.25, 0.3) is 0 Å². The van der Waals surface area contributed by atoms with Gasteiger partial charge < -0.3 is 14.6 Å². The molecule has 0 aliphatic carbocycles. The van der Waals surface area contributed by atoms with Gasteiger partial charge in [-0.1, -0.05) is 6.07 Å². The first-order chi connectivity index (χ1) is 16.1. The minimum absolute atomic E-state index is 0.0228. The van der Waals surface area contributed by atoms with Crippen molar-refractivity contribution in [3.05, 3.63) is 70.8 Å². The van der Waals surface area contributed by atoms with E-state index in [9.17, 15) is 22.8 Å². The summed E-state index contributed by atoms with van der Waals surface area (Å²) in [5.74, 6) is 0.111. The number of amides is 2. The standard InChI is InChI=1S/C23H22F3N5O3/c1-13-7-15(9-29-19(13)3-5-23(24,25)26)14(2)31-11-18-17(22(31)33)4-6-28-21(18)30-20(32)8-16-10-27-12-34-16/h4,6-7,9-10,12,14H,3,5,8,11H2,1-2H3,(H,28,30,32). The van der Waals surface area contributed by atoms with Crippen LogP contribution in [0.4, 0.5) is 19.0 Å². The molecule has 0 radical (unpaired) electrons. The second-order valence-electron chi connectivity index (χ2n) is 8.13. The largest absolute Gasteiger partial charge is 0.448 e. The SMILES string of the molecule is Cc1cc(C(C)N2Cc3c(ccnc3NC(=O)Cc3cnco3)C2=O)cnc1CCC(F)(F)F. The fourth-order valence-corrected chi connectivity index (χ4v) is 3.89. The van der Waals surface area contributed by atoms with Crippen LogP contribution in [-0.2, 0) is 24.2 Å². The van der Waals surface area contributed by atoms with Crippen LogP contribution in [-0.4, -0.2) is 37.8 Å². The molecule has 4 heterocycles. The van der Waals surface area contributed by atoms with Crippen molar-refractivity contribution in [3.8, 4) is 0 Å². The molecule has 0 bridgehead atoms. The van der Waals surface area contributed by atoms with Gasteiger partial charge in [0.05, 0.1) is 25.2 Å². The third kappa shape index (κ3) is 5.08. The van der Waals surface area contributed by atoms with E-state index in [4.69, 9.17) is 4.42 Å². The van der Waals surface area contributed by atoms with Gasteiger partial charge in [-0.05, 0) is 37.5 Å². The van der Waals surface area contributed by atoms with Gasteiger partial charge in [-0.2, -0.15) is 13.2 Å². The number of anilines is 1. The molecule has 11 heteroatoms. The number of pyridine rings is 2. The number of aromatic nitrogens is 3. The molecule has 0 saturated carbocycles. The molecule has 1 unspecified atom stereocenters. The summed E-state index contributed by atoms with van der Waals surface area (Å²) in [6.07, 6.45) is 0.246. The first kappa shape index (κ1) is 23.4. The molecule has 1 atom stereocenters. The molecule has 0 aromatic carbocycles. The van der Waals surface area contributed by atoms with E-state index >= 15 is 0 Å². The van der Waals surface area contributed by atoms with E-state index in [0.29, 0.717) is 39.5 Å². The van der Waals surface area contributed by atoms with E-state index in [1.165, 1.54) is 25.0 Å². The molecule has 2 amide bonds. The molecule has 0 saturated heterocycles. The first-order valence-electron chi connectivity index (χ1n) is 10.6. The van der Waals surface area contributed by atoms with Crippen LogP contribution in [0.1, 0.15) is 57.9 Å². The highest BCUT2D eigenvalue weighted by Gasteiger charge is 2.34. The minimum atomic E-state index is -4.25. The maximum Gasteiger partial charge on any atom is 0.389 e. The van der Waals surface area contributed by atoms with Crippen molar-refractivity contribution < 1.29 is 27.2 Å². The first-order valence-corrected chi connectivity index (χ1v) is 10.6. The number of carbonyl (C=O) groups excluding carboxylic acids is 2. The maximum atomic E-state index is 13.1. The van der Waals surface area contributed by atoms with Crippen molar-refractivity contribution in [1.29, 1.82) is 0 Å². The number of rotatable bonds is 7. The molecule has 0 fully saturated rings. The third-order valence-corrected chi connectivity index (χ3v) is 5.75. The van der Waals surface area contributed by atoms with E-state index in [1.807, 2.05) is 6.92 Å². The van der Waals surface area contributed by atoms with Crippen molar-refractivity contribution in [2.75, 3.05) is 5.32 Å². The van der Waals surface area contributed by atoms with Crippen molar-refractivity contribution in [1.82, 2.24) is 19.9 Å². The number of fused-ring (bicyclic) bond motifs is 1. The normalized spacial score (nSPS) is 14.3. The Morgan fingerprint density at radius 3 is 2.76 bits per heavy atom. The van der Waals surface area contributed by atoms with Gasteiger partial charge in [0.25, 0.3) is 5.91 Å². The summed E-state index contributed by atoms with van der Waals surface area (Å²) in [6, 6.07) is 2.97. The Morgan fingerprint density at radius 1 is 1.29 bits per heavy atom. The average molecular weight is 473 g/mol. The van der Waals surface area contributed by atoms with Gasteiger partial charge in [0, 0.05) is 35.6 Å².